The Labute approximate surface area is 192 Å². The summed E-state index contributed by atoms with van der Waals surface area (Å²) in [6.07, 6.45) is -0.253. The van der Waals surface area contributed by atoms with Crippen LogP contribution >= 0.6 is 0 Å². The van der Waals surface area contributed by atoms with Crippen molar-refractivity contribution in [1.82, 2.24) is 9.97 Å². The zero-order valence-electron chi connectivity index (χ0n) is 18.5. The molecule has 0 spiro atoms. The molecule has 182 valence electrons. The number of aromatic nitrogens is 2. The van der Waals surface area contributed by atoms with Crippen molar-refractivity contribution < 1.29 is 27.8 Å². The molecule has 11 heteroatoms. The Kier molecular flexibility index (Phi) is 6.54. The first-order valence-electron chi connectivity index (χ1n) is 10.9. The number of benzene rings is 1. The number of alkyl halides is 3. The molecule has 1 saturated carbocycles. The molecule has 2 aliphatic rings. The van der Waals surface area contributed by atoms with Gasteiger partial charge in [-0.15, -0.1) is 0 Å². The van der Waals surface area contributed by atoms with Crippen molar-refractivity contribution >= 4 is 27.3 Å². The molecular formula is C22H29F3N4O3S. The largest absolute Gasteiger partial charge is 0.421 e. The lowest BCUT2D eigenvalue weighted by Gasteiger charge is -2.34. The second-order valence-electron chi connectivity index (χ2n) is 8.57. The van der Waals surface area contributed by atoms with Gasteiger partial charge in [0.1, 0.15) is 11.4 Å². The highest BCUT2D eigenvalue weighted by Crippen LogP contribution is 2.37. The Morgan fingerprint density at radius 1 is 1.21 bits per heavy atom. The fraction of sp³-hybridized carbons (Fsp3) is 0.545. The van der Waals surface area contributed by atoms with E-state index in [1.54, 1.807) is 31.1 Å². The van der Waals surface area contributed by atoms with E-state index in [4.69, 9.17) is 4.74 Å². The summed E-state index contributed by atoms with van der Waals surface area (Å²) in [5.74, 6) is -0.182. The summed E-state index contributed by atoms with van der Waals surface area (Å²) in [6.45, 7) is 2.48. The molecule has 1 unspecified atom stereocenters. The van der Waals surface area contributed by atoms with Crippen LogP contribution in [0.5, 0.6) is 0 Å². The van der Waals surface area contributed by atoms with Gasteiger partial charge < -0.3 is 15.0 Å². The minimum absolute atomic E-state index is 0. The number of methoxy groups -OCH3 is 1. The number of nitrogens with zero attached hydrogens (tertiary/aromatic N) is 3. The molecule has 1 saturated heterocycles. The Hall–Kier alpha value is -2.40. The van der Waals surface area contributed by atoms with Gasteiger partial charge >= 0.3 is 6.18 Å². The summed E-state index contributed by atoms with van der Waals surface area (Å²) in [4.78, 5) is 9.91. The van der Waals surface area contributed by atoms with Crippen LogP contribution in [0.1, 0.15) is 44.7 Å². The lowest BCUT2D eigenvalue weighted by Crippen LogP contribution is -2.40. The fourth-order valence-corrected chi connectivity index (χ4v) is 6.08. The molecule has 2 aromatic rings. The molecule has 4 rings (SSSR count). The predicted molar refractivity (Wildman–Crippen MR) is 121 cm³/mol. The maximum Gasteiger partial charge on any atom is 0.421 e. The van der Waals surface area contributed by atoms with E-state index in [9.17, 15) is 21.6 Å². The summed E-state index contributed by atoms with van der Waals surface area (Å²) >= 11 is 0. The standard InChI is InChI=1S/C22H27F3N4O3S.H2/c1-14-11-17(33(30,31)16-6-3-7-16)8-9-19(14)27-21-26-12-18(22(23,24)25)20(28-21)29-10-4-5-15(13-29)32-2;/h8-9,11-12,15-16H,3-7,10,13H2,1-2H3,(H,26,27,28);1H. The molecule has 2 heterocycles. The second-order valence-corrected chi connectivity index (χ2v) is 10.8. The number of aryl methyl sites for hydroxylation is 1. The summed E-state index contributed by atoms with van der Waals surface area (Å²) in [6, 6.07) is 4.69. The van der Waals surface area contributed by atoms with Gasteiger partial charge in [0.05, 0.1) is 16.2 Å². The number of piperidine rings is 1. The van der Waals surface area contributed by atoms with Crippen molar-refractivity contribution in [2.24, 2.45) is 0 Å². The minimum Gasteiger partial charge on any atom is -0.380 e. The molecule has 1 N–H and O–H groups in total. The van der Waals surface area contributed by atoms with Crippen molar-refractivity contribution in [1.29, 1.82) is 0 Å². The SMILES string of the molecule is COC1CCCN(c2nc(Nc3ccc(S(=O)(=O)C4CCC4)cc3C)ncc2C(F)(F)F)C1.[HH]. The third-order valence-electron chi connectivity index (χ3n) is 6.35. The molecular weight excluding hydrogens is 457 g/mol. The number of sulfone groups is 1. The van der Waals surface area contributed by atoms with Crippen LogP contribution in [0.2, 0.25) is 0 Å². The second kappa shape index (κ2) is 9.09. The van der Waals surface area contributed by atoms with Gasteiger partial charge in [0.15, 0.2) is 9.84 Å². The number of halogens is 3. The molecule has 1 aliphatic heterocycles. The number of hydrogen-bond acceptors (Lipinski definition) is 7. The van der Waals surface area contributed by atoms with Gasteiger partial charge in [-0.25, -0.2) is 13.4 Å². The van der Waals surface area contributed by atoms with E-state index in [2.05, 4.69) is 15.3 Å². The quantitative estimate of drug-likeness (QED) is 0.632. The molecule has 0 amide bonds. The van der Waals surface area contributed by atoms with Crippen molar-refractivity contribution in [3.05, 3.63) is 35.5 Å². The van der Waals surface area contributed by atoms with E-state index >= 15 is 0 Å². The predicted octanol–water partition coefficient (Wildman–Crippen LogP) is 4.73. The van der Waals surface area contributed by atoms with Gasteiger partial charge in [-0.1, -0.05) is 6.42 Å². The number of ether oxygens (including phenoxy) is 1. The maximum absolute atomic E-state index is 13.6. The van der Waals surface area contributed by atoms with E-state index in [0.717, 1.165) is 19.0 Å². The van der Waals surface area contributed by atoms with Crippen LogP contribution in [0.3, 0.4) is 0 Å². The molecule has 1 aromatic carbocycles. The Bertz CT molecular complexity index is 1130. The first-order chi connectivity index (χ1) is 15.6. The van der Waals surface area contributed by atoms with Crippen LogP contribution in [0.15, 0.2) is 29.3 Å². The molecule has 0 bridgehead atoms. The molecule has 1 atom stereocenters. The molecule has 0 radical (unpaired) electrons. The van der Waals surface area contributed by atoms with Gasteiger partial charge in [0.25, 0.3) is 0 Å². The van der Waals surface area contributed by atoms with Gasteiger partial charge in [-0.05, 0) is 56.4 Å². The molecule has 2 fully saturated rings. The van der Waals surface area contributed by atoms with E-state index in [1.807, 2.05) is 0 Å². The number of hydrogen-bond donors (Lipinski definition) is 1. The van der Waals surface area contributed by atoms with E-state index in [-0.39, 0.29) is 29.4 Å². The zero-order valence-corrected chi connectivity index (χ0v) is 19.3. The van der Waals surface area contributed by atoms with E-state index in [0.29, 0.717) is 43.6 Å². The molecule has 1 aromatic heterocycles. The van der Waals surface area contributed by atoms with Gasteiger partial charge in [0.2, 0.25) is 5.95 Å². The normalized spacial score (nSPS) is 19.9. The number of nitrogens with one attached hydrogen (secondary N) is 1. The highest BCUT2D eigenvalue weighted by Gasteiger charge is 2.38. The lowest BCUT2D eigenvalue weighted by atomic mass is 10.00. The summed E-state index contributed by atoms with van der Waals surface area (Å²) in [5.41, 5.74) is 0.267. The molecule has 1 aliphatic carbocycles. The fourth-order valence-electron chi connectivity index (χ4n) is 4.14. The van der Waals surface area contributed by atoms with Crippen LogP contribution in [-0.4, -0.2) is 49.9 Å². The first kappa shape index (κ1) is 23.7. The smallest absolute Gasteiger partial charge is 0.380 e. The highest BCUT2D eigenvalue weighted by atomic mass is 32.2. The average Bonchev–Trinajstić information content (AvgIpc) is 2.72. The van der Waals surface area contributed by atoms with E-state index in [1.165, 1.54) is 6.07 Å². The number of rotatable bonds is 6. The molecule has 33 heavy (non-hydrogen) atoms. The summed E-state index contributed by atoms with van der Waals surface area (Å²) < 4.78 is 71.6. The van der Waals surface area contributed by atoms with Crippen LogP contribution < -0.4 is 10.2 Å². The van der Waals surface area contributed by atoms with Crippen LogP contribution in [0.25, 0.3) is 0 Å². The zero-order chi connectivity index (χ0) is 23.8. The van der Waals surface area contributed by atoms with Gasteiger partial charge in [0, 0.05) is 33.5 Å². The van der Waals surface area contributed by atoms with Gasteiger partial charge in [-0.2, -0.15) is 18.2 Å². The Morgan fingerprint density at radius 3 is 2.58 bits per heavy atom. The van der Waals surface area contributed by atoms with Crippen LogP contribution in [-0.2, 0) is 20.8 Å². The van der Waals surface area contributed by atoms with E-state index < -0.39 is 21.6 Å². The topological polar surface area (TPSA) is 84.4 Å². The van der Waals surface area contributed by atoms with Crippen LogP contribution in [0.4, 0.5) is 30.6 Å². The average molecular weight is 487 g/mol. The monoisotopic (exact) mass is 486 g/mol. The third kappa shape index (κ3) is 4.93. The highest BCUT2D eigenvalue weighted by molar-refractivity contribution is 7.92. The van der Waals surface area contributed by atoms with Crippen molar-refractivity contribution in [3.8, 4) is 0 Å². The van der Waals surface area contributed by atoms with Gasteiger partial charge in [-0.3, -0.25) is 0 Å². The third-order valence-corrected chi connectivity index (χ3v) is 8.61. The summed E-state index contributed by atoms with van der Waals surface area (Å²) in [7, 11) is -1.82. The maximum atomic E-state index is 13.6. The Balaban J connectivity index is 0.00000324. The van der Waals surface area contributed by atoms with Crippen LogP contribution in [0, 0.1) is 6.92 Å². The Morgan fingerprint density at radius 2 is 1.97 bits per heavy atom. The number of anilines is 3. The first-order valence-corrected chi connectivity index (χ1v) is 12.5. The molecule has 7 nitrogen and oxygen atoms in total. The lowest BCUT2D eigenvalue weighted by molar-refractivity contribution is -0.137. The summed E-state index contributed by atoms with van der Waals surface area (Å²) in [5, 5.41) is 2.61. The van der Waals surface area contributed by atoms with Crippen molar-refractivity contribution in [3.63, 3.8) is 0 Å². The van der Waals surface area contributed by atoms with Crippen molar-refractivity contribution in [2.45, 2.75) is 61.5 Å². The van der Waals surface area contributed by atoms with Crippen molar-refractivity contribution in [2.75, 3.05) is 30.4 Å². The minimum atomic E-state index is -4.60.